The van der Waals surface area contributed by atoms with Gasteiger partial charge in [0, 0.05) is 30.4 Å². The lowest BCUT2D eigenvalue weighted by Gasteiger charge is -2.04. The third-order valence-corrected chi connectivity index (χ3v) is 3.48. The second kappa shape index (κ2) is 3.97. The Morgan fingerprint density at radius 2 is 2.13 bits per heavy atom. The smallest absolute Gasteiger partial charge is 0.0641 e. The van der Waals surface area contributed by atoms with E-state index >= 15 is 0 Å². The Morgan fingerprint density at radius 3 is 2.60 bits per heavy atom. The fourth-order valence-corrected chi connectivity index (χ4v) is 2.14. The number of nitrogens with zero attached hydrogens (tertiary/aromatic N) is 2. The molecule has 0 amide bonds. The van der Waals surface area contributed by atoms with Crippen molar-refractivity contribution < 1.29 is 0 Å². The van der Waals surface area contributed by atoms with E-state index in [1.807, 2.05) is 0 Å². The van der Waals surface area contributed by atoms with Crippen LogP contribution in [0.4, 0.5) is 0 Å². The molecule has 84 valence electrons. The summed E-state index contributed by atoms with van der Waals surface area (Å²) in [4.78, 5) is 0. The lowest BCUT2D eigenvalue weighted by molar-refractivity contribution is 0.626. The number of hydrogen-bond donors (Lipinski definition) is 1. The van der Waals surface area contributed by atoms with Gasteiger partial charge in [-0.05, 0) is 33.1 Å². The standard InChI is InChI=1S/C12H21N3/c1-5-15-10(4)11(9(3)14-15)7-13-12-6-8(12)2/h8,12-13H,5-7H2,1-4H3. The van der Waals surface area contributed by atoms with Gasteiger partial charge < -0.3 is 5.32 Å². The molecule has 1 N–H and O–H groups in total. The highest BCUT2D eigenvalue weighted by molar-refractivity contribution is 5.24. The Morgan fingerprint density at radius 1 is 1.47 bits per heavy atom. The fourth-order valence-electron chi connectivity index (χ4n) is 2.14. The zero-order valence-corrected chi connectivity index (χ0v) is 10.2. The highest BCUT2D eigenvalue weighted by atomic mass is 15.3. The topological polar surface area (TPSA) is 29.9 Å². The van der Waals surface area contributed by atoms with Crippen LogP contribution in [0.3, 0.4) is 0 Å². The Labute approximate surface area is 91.9 Å². The van der Waals surface area contributed by atoms with E-state index < -0.39 is 0 Å². The summed E-state index contributed by atoms with van der Waals surface area (Å²) >= 11 is 0. The lowest BCUT2D eigenvalue weighted by atomic mass is 10.2. The van der Waals surface area contributed by atoms with Gasteiger partial charge in [-0.1, -0.05) is 6.92 Å². The molecule has 1 heterocycles. The van der Waals surface area contributed by atoms with Crippen LogP contribution in [0.1, 0.15) is 37.2 Å². The minimum absolute atomic E-state index is 0.744. The average molecular weight is 207 g/mol. The van der Waals surface area contributed by atoms with E-state index in [1.54, 1.807) is 0 Å². The maximum Gasteiger partial charge on any atom is 0.0641 e. The third-order valence-electron chi connectivity index (χ3n) is 3.48. The van der Waals surface area contributed by atoms with Gasteiger partial charge >= 0.3 is 0 Å². The van der Waals surface area contributed by atoms with Crippen LogP contribution in [-0.4, -0.2) is 15.8 Å². The van der Waals surface area contributed by atoms with Crippen molar-refractivity contribution >= 4 is 0 Å². The molecule has 2 rings (SSSR count). The van der Waals surface area contributed by atoms with Crippen molar-refractivity contribution in [3.05, 3.63) is 17.0 Å². The molecule has 1 aromatic heterocycles. The van der Waals surface area contributed by atoms with Crippen LogP contribution in [0.2, 0.25) is 0 Å². The van der Waals surface area contributed by atoms with Crippen molar-refractivity contribution in [2.45, 2.75) is 53.2 Å². The molecule has 3 heteroatoms. The number of aryl methyl sites for hydroxylation is 2. The normalized spacial score (nSPS) is 24.5. The number of aromatic nitrogens is 2. The van der Waals surface area contributed by atoms with E-state index in [9.17, 15) is 0 Å². The molecule has 0 radical (unpaired) electrons. The van der Waals surface area contributed by atoms with Gasteiger partial charge in [0.2, 0.25) is 0 Å². The predicted molar refractivity (Wildman–Crippen MR) is 61.8 cm³/mol. The van der Waals surface area contributed by atoms with Gasteiger partial charge in [0.15, 0.2) is 0 Å². The molecular weight excluding hydrogens is 186 g/mol. The summed E-state index contributed by atoms with van der Waals surface area (Å²) in [6.45, 7) is 10.6. The first-order valence-electron chi connectivity index (χ1n) is 5.89. The number of rotatable bonds is 4. The molecule has 1 aliphatic carbocycles. The summed E-state index contributed by atoms with van der Waals surface area (Å²) in [5.41, 5.74) is 3.88. The van der Waals surface area contributed by atoms with Crippen LogP contribution >= 0.6 is 0 Å². The average Bonchev–Trinajstić information content (AvgIpc) is 2.83. The lowest BCUT2D eigenvalue weighted by Crippen LogP contribution is -2.18. The molecule has 0 bridgehead atoms. The van der Waals surface area contributed by atoms with Gasteiger partial charge in [0.1, 0.15) is 0 Å². The van der Waals surface area contributed by atoms with E-state index in [4.69, 9.17) is 0 Å². The first-order valence-corrected chi connectivity index (χ1v) is 5.89. The van der Waals surface area contributed by atoms with Gasteiger partial charge in [-0.25, -0.2) is 0 Å². The largest absolute Gasteiger partial charge is 0.310 e. The van der Waals surface area contributed by atoms with Crippen molar-refractivity contribution in [3.63, 3.8) is 0 Å². The monoisotopic (exact) mass is 207 g/mol. The van der Waals surface area contributed by atoms with E-state index in [-0.39, 0.29) is 0 Å². The van der Waals surface area contributed by atoms with E-state index in [0.29, 0.717) is 0 Å². The molecule has 1 saturated carbocycles. The van der Waals surface area contributed by atoms with Crippen LogP contribution < -0.4 is 5.32 Å². The van der Waals surface area contributed by atoms with Crippen molar-refractivity contribution in [2.75, 3.05) is 0 Å². The van der Waals surface area contributed by atoms with Crippen molar-refractivity contribution in [2.24, 2.45) is 5.92 Å². The fraction of sp³-hybridized carbons (Fsp3) is 0.750. The summed E-state index contributed by atoms with van der Waals surface area (Å²) in [6.07, 6.45) is 1.33. The van der Waals surface area contributed by atoms with Gasteiger partial charge in [-0.3, -0.25) is 4.68 Å². The van der Waals surface area contributed by atoms with E-state index in [0.717, 1.165) is 25.0 Å². The van der Waals surface area contributed by atoms with Gasteiger partial charge in [0.25, 0.3) is 0 Å². The Bertz CT molecular complexity index is 354. The van der Waals surface area contributed by atoms with Crippen LogP contribution in [0.15, 0.2) is 0 Å². The Balaban J connectivity index is 2.03. The van der Waals surface area contributed by atoms with Crippen LogP contribution in [-0.2, 0) is 13.1 Å². The summed E-state index contributed by atoms with van der Waals surface area (Å²) in [6, 6.07) is 0.744. The minimum atomic E-state index is 0.744. The van der Waals surface area contributed by atoms with Crippen LogP contribution in [0.25, 0.3) is 0 Å². The molecule has 0 spiro atoms. The summed E-state index contributed by atoms with van der Waals surface area (Å²) < 4.78 is 2.09. The third kappa shape index (κ3) is 2.07. The van der Waals surface area contributed by atoms with Gasteiger partial charge in [-0.2, -0.15) is 5.10 Å². The van der Waals surface area contributed by atoms with Gasteiger partial charge in [-0.15, -0.1) is 0 Å². The van der Waals surface area contributed by atoms with E-state index in [1.165, 1.54) is 23.4 Å². The molecule has 0 saturated heterocycles. The summed E-state index contributed by atoms with van der Waals surface area (Å²) in [5.74, 6) is 0.867. The quantitative estimate of drug-likeness (QED) is 0.818. The predicted octanol–water partition coefficient (Wildman–Crippen LogP) is 2.02. The van der Waals surface area contributed by atoms with Crippen molar-refractivity contribution in [1.29, 1.82) is 0 Å². The second-order valence-corrected chi connectivity index (χ2v) is 4.67. The molecule has 2 atom stereocenters. The molecule has 3 nitrogen and oxygen atoms in total. The maximum atomic E-state index is 4.52. The molecule has 15 heavy (non-hydrogen) atoms. The second-order valence-electron chi connectivity index (χ2n) is 4.67. The molecular formula is C12H21N3. The molecule has 2 unspecified atom stereocenters. The highest BCUT2D eigenvalue weighted by Crippen LogP contribution is 2.29. The maximum absolute atomic E-state index is 4.52. The Hall–Kier alpha value is -0.830. The molecule has 1 fully saturated rings. The molecule has 0 aromatic carbocycles. The van der Waals surface area contributed by atoms with Crippen LogP contribution in [0.5, 0.6) is 0 Å². The zero-order chi connectivity index (χ0) is 11.0. The van der Waals surface area contributed by atoms with Crippen LogP contribution in [0, 0.1) is 19.8 Å². The summed E-state index contributed by atoms with van der Waals surface area (Å²) in [5, 5.41) is 8.11. The SMILES string of the molecule is CCn1nc(C)c(CNC2CC2C)c1C. The first-order chi connectivity index (χ1) is 7.13. The van der Waals surface area contributed by atoms with Crippen molar-refractivity contribution in [1.82, 2.24) is 15.1 Å². The first kappa shape index (κ1) is 10.7. The van der Waals surface area contributed by atoms with Gasteiger partial charge in [0.05, 0.1) is 5.69 Å². The Kier molecular flexibility index (Phi) is 2.83. The number of hydrogen-bond acceptors (Lipinski definition) is 2. The van der Waals surface area contributed by atoms with Crippen molar-refractivity contribution in [3.8, 4) is 0 Å². The molecule has 1 aromatic rings. The molecule has 0 aliphatic heterocycles. The molecule has 1 aliphatic rings. The summed E-state index contributed by atoms with van der Waals surface area (Å²) in [7, 11) is 0. The highest BCUT2D eigenvalue weighted by Gasteiger charge is 2.32. The zero-order valence-electron chi connectivity index (χ0n) is 10.2. The van der Waals surface area contributed by atoms with E-state index in [2.05, 4.69) is 42.8 Å². The minimum Gasteiger partial charge on any atom is -0.310 e. The number of nitrogens with one attached hydrogen (secondary N) is 1.